The van der Waals surface area contributed by atoms with E-state index < -0.39 is 5.97 Å². The zero-order chi connectivity index (χ0) is 13.0. The quantitative estimate of drug-likeness (QED) is 0.904. The highest BCUT2D eigenvalue weighted by atomic mass is 16.4. The molecule has 1 heterocycles. The lowest BCUT2D eigenvalue weighted by Crippen LogP contribution is -2.46. The molecule has 4 aliphatic carbocycles. The van der Waals surface area contributed by atoms with Gasteiger partial charge in [-0.1, -0.05) is 0 Å². The summed E-state index contributed by atoms with van der Waals surface area (Å²) in [5.41, 5.74) is 0. The van der Waals surface area contributed by atoms with Crippen molar-refractivity contribution in [3.8, 4) is 0 Å². The first-order valence-electron chi connectivity index (χ1n) is 7.31. The van der Waals surface area contributed by atoms with E-state index in [1.165, 1.54) is 32.1 Å². The Bertz CT molecular complexity index is 483. The van der Waals surface area contributed by atoms with E-state index in [1.54, 1.807) is 11.0 Å². The number of carboxylic acid groups (broad SMARTS) is 1. The van der Waals surface area contributed by atoms with Gasteiger partial charge >= 0.3 is 5.97 Å². The molecular weight excluding hydrogens is 242 g/mol. The van der Waals surface area contributed by atoms with Gasteiger partial charge in [-0.25, -0.2) is 9.78 Å². The summed E-state index contributed by atoms with van der Waals surface area (Å²) in [4.78, 5) is 14.7. The number of aromatic carboxylic acids is 1. The Hall–Kier alpha value is -1.39. The molecule has 4 aliphatic rings. The van der Waals surface area contributed by atoms with Crippen molar-refractivity contribution < 1.29 is 9.90 Å². The normalized spacial score (nSPS) is 39.7. The Balaban J connectivity index is 1.51. The van der Waals surface area contributed by atoms with E-state index >= 15 is 0 Å². The molecule has 0 aromatic carbocycles. The number of carboxylic acids is 1. The zero-order valence-electron chi connectivity index (χ0n) is 10.9. The molecule has 1 aromatic heterocycles. The lowest BCUT2D eigenvalue weighted by molar-refractivity contribution is -0.0443. The van der Waals surface area contributed by atoms with Crippen LogP contribution in [0.1, 0.15) is 42.7 Å². The fourth-order valence-corrected chi connectivity index (χ4v) is 5.03. The second-order valence-corrected chi connectivity index (χ2v) is 6.69. The molecule has 4 saturated carbocycles. The molecule has 0 unspecified atom stereocenters. The standard InChI is InChI=1S/C14H19N3O2/c18-14(19)13-15-7-17(16-13)6-12-10-2-8-1-9(4-10)5-11(12)3-8/h7-12H,1-6H2,(H,18,19). The van der Waals surface area contributed by atoms with E-state index in [1.807, 2.05) is 0 Å². The van der Waals surface area contributed by atoms with E-state index in [0.29, 0.717) is 5.92 Å². The van der Waals surface area contributed by atoms with Crippen molar-refractivity contribution in [2.75, 3.05) is 0 Å². The van der Waals surface area contributed by atoms with Crippen LogP contribution in [-0.4, -0.2) is 25.8 Å². The number of aromatic nitrogens is 3. The maximum atomic E-state index is 10.8. The fraction of sp³-hybridized carbons (Fsp3) is 0.786. The molecule has 0 atom stereocenters. The van der Waals surface area contributed by atoms with Gasteiger partial charge in [0.1, 0.15) is 6.33 Å². The van der Waals surface area contributed by atoms with E-state index in [4.69, 9.17) is 5.11 Å². The van der Waals surface area contributed by atoms with Gasteiger partial charge < -0.3 is 5.11 Å². The second-order valence-electron chi connectivity index (χ2n) is 6.69. The molecule has 0 aliphatic heterocycles. The Kier molecular flexibility index (Phi) is 2.44. The molecule has 5 nitrogen and oxygen atoms in total. The Morgan fingerprint density at radius 2 is 1.84 bits per heavy atom. The van der Waals surface area contributed by atoms with Gasteiger partial charge in [0.15, 0.2) is 0 Å². The number of hydrogen-bond acceptors (Lipinski definition) is 3. The summed E-state index contributed by atoms with van der Waals surface area (Å²) in [6.45, 7) is 0.856. The molecule has 4 fully saturated rings. The maximum absolute atomic E-state index is 10.8. The predicted molar refractivity (Wildman–Crippen MR) is 67.5 cm³/mol. The highest BCUT2D eigenvalue weighted by Crippen LogP contribution is 2.56. The molecule has 0 radical (unpaired) electrons. The summed E-state index contributed by atoms with van der Waals surface area (Å²) >= 11 is 0. The minimum Gasteiger partial charge on any atom is -0.475 e. The van der Waals surface area contributed by atoms with E-state index in [9.17, 15) is 4.79 Å². The smallest absolute Gasteiger partial charge is 0.375 e. The van der Waals surface area contributed by atoms with Crippen LogP contribution in [0.5, 0.6) is 0 Å². The number of hydrogen-bond donors (Lipinski definition) is 1. The topological polar surface area (TPSA) is 68.0 Å². The third kappa shape index (κ3) is 1.86. The minimum absolute atomic E-state index is 0.0798. The summed E-state index contributed by atoms with van der Waals surface area (Å²) in [5, 5.41) is 12.9. The van der Waals surface area contributed by atoms with Crippen LogP contribution >= 0.6 is 0 Å². The van der Waals surface area contributed by atoms with Gasteiger partial charge in [-0.2, -0.15) is 0 Å². The highest BCUT2D eigenvalue weighted by Gasteiger charge is 2.48. The second kappa shape index (κ2) is 4.05. The monoisotopic (exact) mass is 261 g/mol. The van der Waals surface area contributed by atoms with Crippen molar-refractivity contribution in [3.63, 3.8) is 0 Å². The molecule has 5 rings (SSSR count). The first kappa shape index (κ1) is 11.4. The number of rotatable bonds is 3. The summed E-state index contributed by atoms with van der Waals surface area (Å²) in [7, 11) is 0. The van der Waals surface area contributed by atoms with Crippen LogP contribution in [-0.2, 0) is 6.54 Å². The minimum atomic E-state index is -1.04. The molecule has 0 spiro atoms. The van der Waals surface area contributed by atoms with Crippen molar-refractivity contribution in [1.29, 1.82) is 0 Å². The van der Waals surface area contributed by atoms with Gasteiger partial charge in [0.25, 0.3) is 5.82 Å². The van der Waals surface area contributed by atoms with Crippen molar-refractivity contribution in [2.45, 2.75) is 38.6 Å². The summed E-state index contributed by atoms with van der Waals surface area (Å²) < 4.78 is 1.75. The molecule has 0 amide bonds. The average molecular weight is 261 g/mol. The van der Waals surface area contributed by atoms with Crippen molar-refractivity contribution >= 4 is 5.97 Å². The van der Waals surface area contributed by atoms with E-state index in [2.05, 4.69) is 10.1 Å². The molecule has 1 N–H and O–H groups in total. The molecule has 5 heteroatoms. The SMILES string of the molecule is O=C(O)c1ncn(CC2C3CC4CC(C3)CC2C4)n1. The van der Waals surface area contributed by atoms with Crippen LogP contribution in [0.15, 0.2) is 6.33 Å². The molecular formula is C14H19N3O2. The Morgan fingerprint density at radius 3 is 2.37 bits per heavy atom. The van der Waals surface area contributed by atoms with Crippen LogP contribution in [0.2, 0.25) is 0 Å². The van der Waals surface area contributed by atoms with E-state index in [0.717, 1.165) is 30.2 Å². The average Bonchev–Trinajstić information content (AvgIpc) is 2.81. The van der Waals surface area contributed by atoms with Crippen LogP contribution < -0.4 is 0 Å². The molecule has 0 saturated heterocycles. The van der Waals surface area contributed by atoms with Crippen LogP contribution in [0.25, 0.3) is 0 Å². The van der Waals surface area contributed by atoms with Crippen molar-refractivity contribution in [2.24, 2.45) is 29.6 Å². The lowest BCUT2D eigenvalue weighted by atomic mass is 9.52. The summed E-state index contributed by atoms with van der Waals surface area (Å²) in [6.07, 6.45) is 8.59. The van der Waals surface area contributed by atoms with Gasteiger partial charge in [-0.15, -0.1) is 5.10 Å². The van der Waals surface area contributed by atoms with Crippen molar-refractivity contribution in [3.05, 3.63) is 12.2 Å². The number of nitrogens with zero attached hydrogens (tertiary/aromatic N) is 3. The van der Waals surface area contributed by atoms with Gasteiger partial charge in [0, 0.05) is 6.54 Å². The molecule has 102 valence electrons. The van der Waals surface area contributed by atoms with Gasteiger partial charge in [-0.05, 0) is 61.7 Å². The summed E-state index contributed by atoms with van der Waals surface area (Å²) in [6, 6.07) is 0. The third-order valence-corrected chi connectivity index (χ3v) is 5.55. The van der Waals surface area contributed by atoms with Crippen LogP contribution in [0.3, 0.4) is 0 Å². The first-order valence-corrected chi connectivity index (χ1v) is 7.31. The van der Waals surface area contributed by atoms with Gasteiger partial charge in [0.2, 0.25) is 0 Å². The summed E-state index contributed by atoms with van der Waals surface area (Å²) in [5.74, 6) is 3.21. The van der Waals surface area contributed by atoms with E-state index in [-0.39, 0.29) is 5.82 Å². The lowest BCUT2D eigenvalue weighted by Gasteiger charge is -2.54. The Morgan fingerprint density at radius 1 is 1.21 bits per heavy atom. The zero-order valence-corrected chi connectivity index (χ0v) is 10.9. The number of carbonyl (C=O) groups is 1. The largest absolute Gasteiger partial charge is 0.475 e. The predicted octanol–water partition coefficient (Wildman–Crippen LogP) is 2.05. The van der Waals surface area contributed by atoms with Crippen LogP contribution in [0.4, 0.5) is 0 Å². The van der Waals surface area contributed by atoms with Crippen molar-refractivity contribution in [1.82, 2.24) is 14.8 Å². The molecule has 4 bridgehead atoms. The molecule has 1 aromatic rings. The maximum Gasteiger partial charge on any atom is 0.375 e. The Labute approximate surface area is 112 Å². The van der Waals surface area contributed by atoms with Crippen LogP contribution in [0, 0.1) is 29.6 Å². The molecule has 19 heavy (non-hydrogen) atoms. The first-order chi connectivity index (χ1) is 9.19. The third-order valence-electron chi connectivity index (χ3n) is 5.55. The highest BCUT2D eigenvalue weighted by molar-refractivity contribution is 5.82. The van der Waals surface area contributed by atoms with Gasteiger partial charge in [-0.3, -0.25) is 4.68 Å². The fourth-order valence-electron chi connectivity index (χ4n) is 5.03. The van der Waals surface area contributed by atoms with Gasteiger partial charge in [0.05, 0.1) is 0 Å².